The van der Waals surface area contributed by atoms with Gasteiger partial charge in [-0.15, -0.1) is 0 Å². The number of aliphatic carboxylic acids is 8. The lowest BCUT2D eigenvalue weighted by Gasteiger charge is -2.45. The second kappa shape index (κ2) is 33.1. The quantitative estimate of drug-likeness (QED) is 0.0141. The van der Waals surface area contributed by atoms with E-state index in [0.717, 1.165) is 0 Å². The summed E-state index contributed by atoms with van der Waals surface area (Å²) in [4.78, 5) is 111. The summed E-state index contributed by atoms with van der Waals surface area (Å²) in [6, 6.07) is 0. The predicted octanol–water partition coefficient (Wildman–Crippen LogP) is -1.90. The summed E-state index contributed by atoms with van der Waals surface area (Å²) in [5.74, 6) is -9.70. The zero-order chi connectivity index (χ0) is 52.8. The van der Waals surface area contributed by atoms with Crippen molar-refractivity contribution in [2.24, 2.45) is 9.98 Å². The zero-order valence-electron chi connectivity index (χ0n) is 40.4. The number of aliphatic imine (C=N–C) groups is 2. The van der Waals surface area contributed by atoms with Gasteiger partial charge in [0.2, 0.25) is 0 Å². The third-order valence-corrected chi connectivity index (χ3v) is 11.8. The second-order valence-electron chi connectivity index (χ2n) is 17.7. The average molecular weight is 1020 g/mol. The fourth-order valence-corrected chi connectivity index (χ4v) is 8.99. The van der Waals surface area contributed by atoms with E-state index in [1.165, 1.54) is 22.6 Å². The number of rotatable bonds is 39. The first-order valence-corrected chi connectivity index (χ1v) is 23.3. The molecule has 28 heteroatoms. The minimum atomic E-state index is -1.29. The lowest BCUT2D eigenvalue weighted by molar-refractivity contribution is -0.148. The van der Waals surface area contributed by atoms with Gasteiger partial charge < -0.3 is 55.1 Å². The van der Waals surface area contributed by atoms with Crippen molar-refractivity contribution in [3.63, 3.8) is 0 Å². The minimum Gasteiger partial charge on any atom is -0.483 e. The summed E-state index contributed by atoms with van der Waals surface area (Å²) in [5.41, 5.74) is -2.42. The standard InChI is InChI=1S/C43H73N9O19/c1-44-30-71-33(46-32-70-17-7-4-10-43(52(24-40(65)66)25-41(67)68)28-49(20-36(57)58)14-15-50(29-43)21-37(59)60)8-2-5-11-45-31-69-16-6-3-9-42(51(22-38(61)62)23-39(63)64)26-47(18-34(53)54)12-13-48(27-42)19-35(55)56/h30-31,33,46H,2-29,32H2,1H3,(H,53,54)(H,55,56)(H,57,58)(H,59,60)(H,61,62)(H,63,64)(H,65,66)(H,67,68)/t33-/m1/s1. The van der Waals surface area contributed by atoms with E-state index in [1.54, 1.807) is 26.6 Å². The van der Waals surface area contributed by atoms with Crippen LogP contribution < -0.4 is 5.32 Å². The molecule has 0 aromatic heterocycles. The van der Waals surface area contributed by atoms with E-state index in [1.807, 2.05) is 0 Å². The zero-order valence-corrected chi connectivity index (χ0v) is 40.4. The topological polar surface area (TPSA) is 382 Å². The van der Waals surface area contributed by atoms with E-state index in [2.05, 4.69) is 15.3 Å². The average Bonchev–Trinajstić information content (AvgIpc) is 3.53. The SMILES string of the molecule is CN=CO[C@H](CCCCN=COCCCCC1(N(CC(=O)O)CC(=O)O)CN(CC(=O)O)CCN(CC(=O)O)C1)NCOCCCCC1(N(CC(=O)O)CC(=O)O)CN(CC(=O)O)CCN(CC(=O)O)C1. The van der Waals surface area contributed by atoms with Crippen LogP contribution in [-0.4, -0.2) is 286 Å². The highest BCUT2D eigenvalue weighted by Gasteiger charge is 2.45. The number of hydrogen-bond acceptors (Lipinski definition) is 20. The second-order valence-corrected chi connectivity index (χ2v) is 17.7. The molecule has 0 radical (unpaired) electrons. The Labute approximate surface area is 411 Å². The van der Waals surface area contributed by atoms with E-state index in [-0.39, 0.29) is 85.1 Å². The molecular formula is C43H73N9O19. The molecule has 0 saturated carbocycles. The van der Waals surface area contributed by atoms with Crippen molar-refractivity contribution < 1.29 is 93.4 Å². The van der Waals surface area contributed by atoms with E-state index >= 15 is 0 Å². The van der Waals surface area contributed by atoms with Crippen molar-refractivity contribution in [2.75, 3.05) is 138 Å². The molecule has 2 aliphatic heterocycles. The number of nitrogens with one attached hydrogen (secondary N) is 1. The molecule has 2 aliphatic rings. The van der Waals surface area contributed by atoms with Crippen LogP contribution in [0.2, 0.25) is 0 Å². The van der Waals surface area contributed by atoms with Gasteiger partial charge in [-0.2, -0.15) is 0 Å². The molecule has 0 amide bonds. The maximum absolute atomic E-state index is 11.9. The first-order chi connectivity index (χ1) is 33.7. The Morgan fingerprint density at radius 3 is 1.31 bits per heavy atom. The minimum absolute atomic E-state index is 0.00400. The Kier molecular flexibility index (Phi) is 28.7. The van der Waals surface area contributed by atoms with Crippen LogP contribution in [-0.2, 0) is 52.6 Å². The van der Waals surface area contributed by atoms with E-state index < -0.39 is 117 Å². The fraction of sp³-hybridized carbons (Fsp3) is 0.767. The van der Waals surface area contributed by atoms with Crippen LogP contribution in [0.1, 0.15) is 57.8 Å². The molecule has 2 fully saturated rings. The number of nitrogens with zero attached hydrogens (tertiary/aromatic N) is 8. The van der Waals surface area contributed by atoms with E-state index in [4.69, 9.17) is 14.2 Å². The van der Waals surface area contributed by atoms with Gasteiger partial charge in [0, 0.05) is 83.6 Å². The summed E-state index contributed by atoms with van der Waals surface area (Å²) in [6.45, 7) is -2.49. The van der Waals surface area contributed by atoms with Crippen molar-refractivity contribution >= 4 is 60.6 Å². The molecule has 404 valence electrons. The van der Waals surface area contributed by atoms with Gasteiger partial charge >= 0.3 is 47.8 Å². The van der Waals surface area contributed by atoms with Crippen LogP contribution >= 0.6 is 0 Å². The van der Waals surface area contributed by atoms with Crippen molar-refractivity contribution in [1.82, 2.24) is 34.7 Å². The summed E-state index contributed by atoms with van der Waals surface area (Å²) in [5, 5.41) is 80.1. The van der Waals surface area contributed by atoms with Crippen LogP contribution in [0.3, 0.4) is 0 Å². The highest BCUT2D eigenvalue weighted by Crippen LogP contribution is 2.30. The van der Waals surface area contributed by atoms with Gasteiger partial charge in [-0.25, -0.2) is 0 Å². The molecule has 0 unspecified atom stereocenters. The molecule has 0 aromatic rings. The molecule has 1 atom stereocenters. The largest absolute Gasteiger partial charge is 0.483 e. The van der Waals surface area contributed by atoms with Crippen molar-refractivity contribution in [2.45, 2.75) is 75.1 Å². The molecule has 0 spiro atoms. The van der Waals surface area contributed by atoms with Gasteiger partial charge in [-0.3, -0.25) is 83.1 Å². The highest BCUT2D eigenvalue weighted by atomic mass is 16.5. The van der Waals surface area contributed by atoms with E-state index in [0.29, 0.717) is 51.5 Å². The number of carboxylic acid groups (broad SMARTS) is 8. The first-order valence-electron chi connectivity index (χ1n) is 23.3. The van der Waals surface area contributed by atoms with Crippen molar-refractivity contribution in [1.29, 1.82) is 0 Å². The smallest absolute Gasteiger partial charge is 0.317 e. The summed E-state index contributed by atoms with van der Waals surface area (Å²) in [6.07, 6.45) is 6.21. The third-order valence-electron chi connectivity index (χ3n) is 11.8. The Bertz CT molecular complexity index is 1690. The Morgan fingerprint density at radius 1 is 0.549 bits per heavy atom. The Morgan fingerprint density at radius 2 is 0.944 bits per heavy atom. The van der Waals surface area contributed by atoms with Gasteiger partial charge in [0.15, 0.2) is 19.0 Å². The molecular weight excluding hydrogens is 947 g/mol. The van der Waals surface area contributed by atoms with Crippen LogP contribution in [0.25, 0.3) is 0 Å². The molecule has 0 bridgehead atoms. The molecule has 0 aliphatic carbocycles. The van der Waals surface area contributed by atoms with Crippen LogP contribution in [0.4, 0.5) is 0 Å². The molecule has 2 heterocycles. The number of carbonyl (C=O) groups is 8. The predicted molar refractivity (Wildman–Crippen MR) is 250 cm³/mol. The number of ether oxygens (including phenoxy) is 3. The van der Waals surface area contributed by atoms with Crippen molar-refractivity contribution in [3.05, 3.63) is 0 Å². The lowest BCUT2D eigenvalue weighted by atomic mass is 9.88. The maximum atomic E-state index is 11.9. The van der Waals surface area contributed by atoms with Gasteiger partial charge in [0.05, 0.1) is 65.7 Å². The van der Waals surface area contributed by atoms with Crippen LogP contribution in [0.5, 0.6) is 0 Å². The van der Waals surface area contributed by atoms with Crippen LogP contribution in [0, 0.1) is 0 Å². The monoisotopic (exact) mass is 1020 g/mol. The van der Waals surface area contributed by atoms with Crippen LogP contribution in [0.15, 0.2) is 9.98 Å². The normalized spacial score (nSPS) is 17.5. The van der Waals surface area contributed by atoms with Gasteiger partial charge in [0.25, 0.3) is 0 Å². The maximum Gasteiger partial charge on any atom is 0.317 e. The first kappa shape index (κ1) is 61.5. The highest BCUT2D eigenvalue weighted by molar-refractivity contribution is 5.74. The van der Waals surface area contributed by atoms with Gasteiger partial charge in [0.1, 0.15) is 0 Å². The molecule has 9 N–H and O–H groups in total. The molecule has 71 heavy (non-hydrogen) atoms. The van der Waals surface area contributed by atoms with Gasteiger partial charge in [-0.05, 0) is 57.8 Å². The van der Waals surface area contributed by atoms with Crippen molar-refractivity contribution in [3.8, 4) is 0 Å². The number of carboxylic acids is 8. The van der Waals surface area contributed by atoms with Gasteiger partial charge in [-0.1, -0.05) is 0 Å². The third kappa shape index (κ3) is 25.9. The Balaban J connectivity index is 1.91. The Hall–Kier alpha value is -5.62. The molecule has 0 aromatic carbocycles. The molecule has 2 rings (SSSR count). The molecule has 2 saturated heterocycles. The number of unbranched alkanes of at least 4 members (excludes halogenated alkanes) is 3. The lowest BCUT2D eigenvalue weighted by Crippen LogP contribution is -2.62. The summed E-state index contributed by atoms with van der Waals surface area (Å²) >= 11 is 0. The number of hydrogen-bond donors (Lipinski definition) is 9. The summed E-state index contributed by atoms with van der Waals surface area (Å²) < 4.78 is 17.0. The molecule has 28 nitrogen and oxygen atoms in total. The van der Waals surface area contributed by atoms with E-state index in [9.17, 15) is 79.2 Å². The summed E-state index contributed by atoms with van der Waals surface area (Å²) in [7, 11) is 1.55. The fourth-order valence-electron chi connectivity index (χ4n) is 8.99.